The topological polar surface area (TPSA) is 66.7 Å². The average Bonchev–Trinajstić information content (AvgIpc) is 2.68. The predicted octanol–water partition coefficient (Wildman–Crippen LogP) is 3.73. The van der Waals surface area contributed by atoms with Gasteiger partial charge < -0.3 is 5.11 Å². The van der Waals surface area contributed by atoms with E-state index in [1.54, 1.807) is 36.4 Å². The molecule has 3 rings (SSSR count). The standard InChI is InChI=1S/C20H16NO3P/c22-20(23)17-13-11-16(12-14-17)15-21-25(24,18-7-3-1-4-8-18)19-9-5-2-6-10-19/h1-15H,(H,22,23)/b21-15+. The fourth-order valence-corrected chi connectivity index (χ4v) is 4.42. The summed E-state index contributed by atoms with van der Waals surface area (Å²) in [5.74, 6) is -0.984. The Hall–Kier alpha value is -2.97. The van der Waals surface area contributed by atoms with Crippen LogP contribution in [-0.2, 0) is 4.57 Å². The van der Waals surface area contributed by atoms with Crippen LogP contribution in [0.2, 0.25) is 0 Å². The summed E-state index contributed by atoms with van der Waals surface area (Å²) < 4.78 is 18.1. The summed E-state index contributed by atoms with van der Waals surface area (Å²) in [6.07, 6.45) is 1.53. The van der Waals surface area contributed by atoms with Gasteiger partial charge in [0.2, 0.25) is 7.29 Å². The zero-order valence-electron chi connectivity index (χ0n) is 13.3. The van der Waals surface area contributed by atoms with E-state index in [1.807, 2.05) is 36.4 Å². The Kier molecular flexibility index (Phi) is 4.92. The van der Waals surface area contributed by atoms with Gasteiger partial charge in [0.05, 0.1) is 5.56 Å². The summed E-state index contributed by atoms with van der Waals surface area (Å²) in [4.78, 5) is 10.9. The highest BCUT2D eigenvalue weighted by molar-refractivity contribution is 7.77. The van der Waals surface area contributed by atoms with E-state index in [0.29, 0.717) is 16.2 Å². The molecule has 0 spiro atoms. The Labute approximate surface area is 145 Å². The second kappa shape index (κ2) is 7.29. The van der Waals surface area contributed by atoms with E-state index in [-0.39, 0.29) is 5.56 Å². The van der Waals surface area contributed by atoms with Gasteiger partial charge in [-0.2, -0.15) is 0 Å². The van der Waals surface area contributed by atoms with Gasteiger partial charge in [0.25, 0.3) is 0 Å². The molecular formula is C20H16NO3P. The predicted molar refractivity (Wildman–Crippen MR) is 101 cm³/mol. The van der Waals surface area contributed by atoms with Crippen molar-refractivity contribution >= 4 is 30.1 Å². The maximum absolute atomic E-state index is 13.7. The van der Waals surface area contributed by atoms with E-state index in [9.17, 15) is 9.36 Å². The Morgan fingerprint density at radius 1 is 0.800 bits per heavy atom. The third kappa shape index (κ3) is 3.76. The molecule has 0 aromatic heterocycles. The molecule has 0 aliphatic heterocycles. The molecule has 0 bridgehead atoms. The van der Waals surface area contributed by atoms with Crippen molar-refractivity contribution in [2.24, 2.45) is 4.76 Å². The van der Waals surface area contributed by atoms with Gasteiger partial charge in [0.15, 0.2) is 0 Å². The Bertz CT molecular complexity index is 892. The molecule has 0 saturated heterocycles. The zero-order chi connectivity index (χ0) is 17.7. The molecule has 0 amide bonds. The first-order chi connectivity index (χ1) is 12.1. The van der Waals surface area contributed by atoms with Crippen molar-refractivity contribution in [3.8, 4) is 0 Å². The number of nitrogens with zero attached hydrogens (tertiary/aromatic N) is 1. The Morgan fingerprint density at radius 3 is 1.72 bits per heavy atom. The van der Waals surface area contributed by atoms with Gasteiger partial charge in [-0.1, -0.05) is 48.5 Å². The molecule has 0 aliphatic carbocycles. The van der Waals surface area contributed by atoms with Gasteiger partial charge in [-0.3, -0.25) is 4.57 Å². The van der Waals surface area contributed by atoms with E-state index in [1.165, 1.54) is 18.3 Å². The van der Waals surface area contributed by atoms with Crippen LogP contribution in [0.15, 0.2) is 89.7 Å². The average molecular weight is 349 g/mol. The van der Waals surface area contributed by atoms with Crippen LogP contribution in [-0.4, -0.2) is 17.3 Å². The minimum Gasteiger partial charge on any atom is -0.478 e. The molecule has 0 saturated carbocycles. The zero-order valence-corrected chi connectivity index (χ0v) is 14.2. The minimum absolute atomic E-state index is 0.200. The number of carboxylic acids is 1. The van der Waals surface area contributed by atoms with E-state index >= 15 is 0 Å². The van der Waals surface area contributed by atoms with Gasteiger partial charge in [-0.25, -0.2) is 9.56 Å². The molecule has 3 aromatic carbocycles. The number of carboxylic acid groups (broad SMARTS) is 1. The van der Waals surface area contributed by atoms with Crippen LogP contribution < -0.4 is 10.6 Å². The molecule has 4 nitrogen and oxygen atoms in total. The number of aromatic carboxylic acids is 1. The molecule has 5 heteroatoms. The minimum atomic E-state index is -3.17. The second-order valence-electron chi connectivity index (χ2n) is 5.42. The van der Waals surface area contributed by atoms with E-state index < -0.39 is 13.3 Å². The molecular weight excluding hydrogens is 333 g/mol. The van der Waals surface area contributed by atoms with Gasteiger partial charge in [-0.15, -0.1) is 0 Å². The van der Waals surface area contributed by atoms with Crippen LogP contribution in [0.3, 0.4) is 0 Å². The molecule has 0 unspecified atom stereocenters. The van der Waals surface area contributed by atoms with Gasteiger partial charge >= 0.3 is 5.97 Å². The summed E-state index contributed by atoms with van der Waals surface area (Å²) in [6.45, 7) is 0. The van der Waals surface area contributed by atoms with Crippen molar-refractivity contribution in [2.45, 2.75) is 0 Å². The first-order valence-electron chi connectivity index (χ1n) is 7.70. The van der Waals surface area contributed by atoms with Gasteiger partial charge in [0.1, 0.15) is 0 Å². The van der Waals surface area contributed by atoms with Crippen LogP contribution in [0.5, 0.6) is 0 Å². The van der Waals surface area contributed by atoms with Crippen LogP contribution >= 0.6 is 7.29 Å². The highest BCUT2D eigenvalue weighted by Gasteiger charge is 2.25. The van der Waals surface area contributed by atoms with Crippen molar-refractivity contribution < 1.29 is 14.5 Å². The third-order valence-electron chi connectivity index (χ3n) is 3.74. The van der Waals surface area contributed by atoms with Gasteiger partial charge in [0, 0.05) is 16.8 Å². The summed E-state index contributed by atoms with van der Waals surface area (Å²) in [7, 11) is -3.17. The largest absolute Gasteiger partial charge is 0.478 e. The normalized spacial score (nSPS) is 11.5. The number of hydrogen-bond acceptors (Lipinski definition) is 2. The molecule has 25 heavy (non-hydrogen) atoms. The highest BCUT2D eigenvalue weighted by atomic mass is 31.2. The van der Waals surface area contributed by atoms with Crippen LogP contribution in [0.4, 0.5) is 0 Å². The molecule has 3 aromatic rings. The first-order valence-corrected chi connectivity index (χ1v) is 9.36. The van der Waals surface area contributed by atoms with Gasteiger partial charge in [-0.05, 0) is 42.0 Å². The number of carbonyl (C=O) groups is 1. The summed E-state index contributed by atoms with van der Waals surface area (Å²) in [5, 5.41) is 10.3. The van der Waals surface area contributed by atoms with Crippen molar-refractivity contribution in [2.75, 3.05) is 0 Å². The fourth-order valence-electron chi connectivity index (χ4n) is 2.40. The molecule has 1 N–H and O–H groups in total. The number of benzene rings is 3. The summed E-state index contributed by atoms with van der Waals surface area (Å²) >= 11 is 0. The molecule has 0 radical (unpaired) electrons. The summed E-state index contributed by atoms with van der Waals surface area (Å²) in [6, 6.07) is 24.6. The molecule has 0 aliphatic rings. The van der Waals surface area contributed by atoms with Crippen molar-refractivity contribution in [1.82, 2.24) is 0 Å². The van der Waals surface area contributed by atoms with E-state index in [2.05, 4.69) is 4.76 Å². The second-order valence-corrected chi connectivity index (χ2v) is 7.83. The lowest BCUT2D eigenvalue weighted by atomic mass is 10.1. The Balaban J connectivity index is 2.01. The lowest BCUT2D eigenvalue weighted by Crippen LogP contribution is -2.14. The fraction of sp³-hybridized carbons (Fsp3) is 0. The molecule has 0 atom stereocenters. The third-order valence-corrected chi connectivity index (χ3v) is 6.18. The van der Waals surface area contributed by atoms with Crippen LogP contribution in [0.1, 0.15) is 15.9 Å². The molecule has 0 fully saturated rings. The lowest BCUT2D eigenvalue weighted by Gasteiger charge is -2.14. The quantitative estimate of drug-likeness (QED) is 0.564. The SMILES string of the molecule is O=C(O)c1ccc(/C=N/P(=O)(c2ccccc2)c2ccccc2)cc1. The van der Waals surface area contributed by atoms with E-state index in [4.69, 9.17) is 5.11 Å². The van der Waals surface area contributed by atoms with Crippen LogP contribution in [0, 0.1) is 0 Å². The van der Waals surface area contributed by atoms with Crippen LogP contribution in [0.25, 0.3) is 0 Å². The number of hydrogen-bond donors (Lipinski definition) is 1. The maximum Gasteiger partial charge on any atom is 0.335 e. The van der Waals surface area contributed by atoms with Crippen molar-refractivity contribution in [3.05, 3.63) is 96.1 Å². The van der Waals surface area contributed by atoms with Crippen molar-refractivity contribution in [1.29, 1.82) is 0 Å². The summed E-state index contributed by atoms with van der Waals surface area (Å²) in [5.41, 5.74) is 0.892. The molecule has 0 heterocycles. The Morgan fingerprint density at radius 2 is 1.28 bits per heavy atom. The monoisotopic (exact) mass is 349 g/mol. The molecule has 124 valence electrons. The smallest absolute Gasteiger partial charge is 0.335 e. The van der Waals surface area contributed by atoms with Crippen molar-refractivity contribution in [3.63, 3.8) is 0 Å². The lowest BCUT2D eigenvalue weighted by molar-refractivity contribution is 0.0697. The highest BCUT2D eigenvalue weighted by Crippen LogP contribution is 2.44. The first kappa shape index (κ1) is 16.9. The maximum atomic E-state index is 13.7. The van der Waals surface area contributed by atoms with E-state index in [0.717, 1.165) is 0 Å². The number of rotatable bonds is 5.